The van der Waals surface area contributed by atoms with Crippen molar-refractivity contribution in [2.24, 2.45) is 0 Å². The van der Waals surface area contributed by atoms with E-state index < -0.39 is 0 Å². The first-order valence-corrected chi connectivity index (χ1v) is 5.97. The highest BCUT2D eigenvalue weighted by atomic mass is 16.5. The normalized spacial score (nSPS) is 10.1. The Morgan fingerprint density at radius 2 is 1.89 bits per heavy atom. The minimum absolute atomic E-state index is 0.663. The van der Waals surface area contributed by atoms with Crippen molar-refractivity contribution < 1.29 is 9.47 Å². The van der Waals surface area contributed by atoms with Crippen molar-refractivity contribution in [2.45, 2.75) is 13.5 Å². The van der Waals surface area contributed by atoms with E-state index >= 15 is 0 Å². The first-order chi connectivity index (χ1) is 9.22. The van der Waals surface area contributed by atoms with Crippen LogP contribution in [0.3, 0.4) is 0 Å². The van der Waals surface area contributed by atoms with Crippen molar-refractivity contribution in [2.75, 3.05) is 19.5 Å². The van der Waals surface area contributed by atoms with Gasteiger partial charge in [0.25, 0.3) is 0 Å². The number of benzene rings is 1. The smallest absolute Gasteiger partial charge is 0.161 e. The molecule has 100 valence electrons. The summed E-state index contributed by atoms with van der Waals surface area (Å²) >= 11 is 0. The lowest BCUT2D eigenvalue weighted by Gasteiger charge is -2.10. The van der Waals surface area contributed by atoms with E-state index in [9.17, 15) is 0 Å². The van der Waals surface area contributed by atoms with Gasteiger partial charge in [0.15, 0.2) is 11.5 Å². The molecule has 0 saturated carbocycles. The number of nitrogens with zero attached hydrogens (tertiary/aromatic N) is 2. The van der Waals surface area contributed by atoms with Gasteiger partial charge in [-0.15, -0.1) is 0 Å². The van der Waals surface area contributed by atoms with Gasteiger partial charge in [-0.05, 0) is 30.7 Å². The highest BCUT2D eigenvalue weighted by Gasteiger charge is 2.04. The Bertz CT molecular complexity index is 558. The van der Waals surface area contributed by atoms with E-state index in [0.717, 1.165) is 28.7 Å². The molecule has 19 heavy (non-hydrogen) atoms. The van der Waals surface area contributed by atoms with Crippen LogP contribution >= 0.6 is 0 Å². The van der Waals surface area contributed by atoms with Crippen molar-refractivity contribution in [1.82, 2.24) is 9.97 Å². The van der Waals surface area contributed by atoms with Gasteiger partial charge < -0.3 is 14.8 Å². The maximum absolute atomic E-state index is 5.27. The van der Waals surface area contributed by atoms with Crippen LogP contribution in [0.4, 0.5) is 5.82 Å². The molecular weight excluding hydrogens is 242 g/mol. The quantitative estimate of drug-likeness (QED) is 0.893. The molecule has 0 aliphatic heterocycles. The van der Waals surface area contributed by atoms with Gasteiger partial charge in [0.05, 0.1) is 14.2 Å². The number of rotatable bonds is 5. The number of nitrogens with one attached hydrogen (secondary N) is 1. The molecule has 1 heterocycles. The standard InChI is InChI=1S/C14H17N3O2/c1-10-15-7-6-14(17-10)16-9-11-4-5-12(18-2)13(8-11)19-3/h4-8H,9H2,1-3H3,(H,15,16,17). The Labute approximate surface area is 112 Å². The zero-order valence-electron chi connectivity index (χ0n) is 11.3. The van der Waals surface area contributed by atoms with Crippen molar-refractivity contribution in [3.05, 3.63) is 41.9 Å². The van der Waals surface area contributed by atoms with Crippen LogP contribution in [0.2, 0.25) is 0 Å². The Hall–Kier alpha value is -2.30. The van der Waals surface area contributed by atoms with Crippen molar-refractivity contribution >= 4 is 5.82 Å². The summed E-state index contributed by atoms with van der Waals surface area (Å²) in [4.78, 5) is 8.34. The summed E-state index contributed by atoms with van der Waals surface area (Å²) in [5.74, 6) is 3.00. The highest BCUT2D eigenvalue weighted by molar-refractivity contribution is 5.44. The summed E-state index contributed by atoms with van der Waals surface area (Å²) in [6, 6.07) is 7.66. The zero-order chi connectivity index (χ0) is 13.7. The Balaban J connectivity index is 2.07. The van der Waals surface area contributed by atoms with Crippen molar-refractivity contribution in [1.29, 1.82) is 0 Å². The zero-order valence-corrected chi connectivity index (χ0v) is 11.3. The third-order valence-corrected chi connectivity index (χ3v) is 2.70. The second-order valence-electron chi connectivity index (χ2n) is 4.03. The first-order valence-electron chi connectivity index (χ1n) is 5.97. The van der Waals surface area contributed by atoms with Gasteiger partial charge >= 0.3 is 0 Å². The SMILES string of the molecule is COc1ccc(CNc2ccnc(C)n2)cc1OC. The fraction of sp³-hybridized carbons (Fsp3) is 0.286. The van der Waals surface area contributed by atoms with E-state index in [4.69, 9.17) is 9.47 Å². The summed E-state index contributed by atoms with van der Waals surface area (Å²) in [6.07, 6.45) is 1.74. The molecule has 5 nitrogen and oxygen atoms in total. The van der Waals surface area contributed by atoms with Gasteiger partial charge in [-0.2, -0.15) is 0 Å². The number of anilines is 1. The van der Waals surface area contributed by atoms with Gasteiger partial charge in [0.2, 0.25) is 0 Å². The molecule has 0 saturated heterocycles. The molecule has 0 aliphatic carbocycles. The van der Waals surface area contributed by atoms with Crippen LogP contribution in [0.5, 0.6) is 11.5 Å². The molecule has 0 spiro atoms. The molecule has 1 aromatic carbocycles. The maximum Gasteiger partial charge on any atom is 0.161 e. The van der Waals surface area contributed by atoms with Crippen LogP contribution < -0.4 is 14.8 Å². The summed E-state index contributed by atoms with van der Waals surface area (Å²) in [5, 5.41) is 3.24. The van der Waals surface area contributed by atoms with E-state index in [0.29, 0.717) is 6.54 Å². The molecule has 0 unspecified atom stereocenters. The predicted molar refractivity (Wildman–Crippen MR) is 73.6 cm³/mol. The predicted octanol–water partition coefficient (Wildman–Crippen LogP) is 2.41. The van der Waals surface area contributed by atoms with E-state index in [1.807, 2.05) is 31.2 Å². The molecular formula is C14H17N3O2. The second-order valence-corrected chi connectivity index (χ2v) is 4.03. The lowest BCUT2D eigenvalue weighted by atomic mass is 10.2. The first kappa shape index (κ1) is 13.1. The van der Waals surface area contributed by atoms with Gasteiger partial charge in [0.1, 0.15) is 11.6 Å². The monoisotopic (exact) mass is 259 g/mol. The van der Waals surface area contributed by atoms with Crippen LogP contribution in [0.15, 0.2) is 30.5 Å². The number of ether oxygens (including phenoxy) is 2. The summed E-state index contributed by atoms with van der Waals surface area (Å²) in [7, 11) is 3.25. The topological polar surface area (TPSA) is 56.3 Å². The van der Waals surface area contributed by atoms with Crippen LogP contribution in [-0.2, 0) is 6.54 Å². The molecule has 2 rings (SSSR count). The van der Waals surface area contributed by atoms with E-state index in [-0.39, 0.29) is 0 Å². The fourth-order valence-electron chi connectivity index (χ4n) is 1.74. The molecule has 0 aliphatic rings. The Kier molecular flexibility index (Phi) is 4.18. The van der Waals surface area contributed by atoms with Crippen LogP contribution in [0.1, 0.15) is 11.4 Å². The summed E-state index contributed by atoms with van der Waals surface area (Å²) in [5.41, 5.74) is 1.09. The average Bonchev–Trinajstić information content (AvgIpc) is 2.45. The third-order valence-electron chi connectivity index (χ3n) is 2.70. The fourth-order valence-corrected chi connectivity index (χ4v) is 1.74. The van der Waals surface area contributed by atoms with Crippen LogP contribution in [-0.4, -0.2) is 24.2 Å². The summed E-state index contributed by atoms with van der Waals surface area (Å²) < 4.78 is 10.5. The van der Waals surface area contributed by atoms with Crippen molar-refractivity contribution in [3.63, 3.8) is 0 Å². The minimum atomic E-state index is 0.663. The molecule has 0 atom stereocenters. The molecule has 0 fully saturated rings. The number of hydrogen-bond donors (Lipinski definition) is 1. The van der Waals surface area contributed by atoms with Gasteiger partial charge in [-0.3, -0.25) is 0 Å². The lowest BCUT2D eigenvalue weighted by molar-refractivity contribution is 0.354. The maximum atomic E-state index is 5.27. The molecule has 0 amide bonds. The molecule has 5 heteroatoms. The van der Waals surface area contributed by atoms with Gasteiger partial charge in [0, 0.05) is 12.7 Å². The summed E-state index contributed by atoms with van der Waals surface area (Å²) in [6.45, 7) is 2.53. The largest absolute Gasteiger partial charge is 0.493 e. The van der Waals surface area contributed by atoms with E-state index in [1.165, 1.54) is 0 Å². The Morgan fingerprint density at radius 1 is 1.11 bits per heavy atom. The molecule has 0 bridgehead atoms. The number of aromatic nitrogens is 2. The second kappa shape index (κ2) is 6.04. The molecule has 1 aromatic heterocycles. The lowest BCUT2D eigenvalue weighted by Crippen LogP contribution is -2.03. The van der Waals surface area contributed by atoms with E-state index in [1.54, 1.807) is 20.4 Å². The van der Waals surface area contributed by atoms with Crippen LogP contribution in [0.25, 0.3) is 0 Å². The van der Waals surface area contributed by atoms with E-state index in [2.05, 4.69) is 15.3 Å². The molecule has 0 radical (unpaired) electrons. The molecule has 1 N–H and O–H groups in total. The van der Waals surface area contributed by atoms with Gasteiger partial charge in [-0.1, -0.05) is 6.07 Å². The average molecular weight is 259 g/mol. The third kappa shape index (κ3) is 3.34. The van der Waals surface area contributed by atoms with Crippen LogP contribution in [0, 0.1) is 6.92 Å². The Morgan fingerprint density at radius 3 is 2.58 bits per heavy atom. The number of methoxy groups -OCH3 is 2. The molecule has 2 aromatic rings. The highest BCUT2D eigenvalue weighted by Crippen LogP contribution is 2.27. The number of aryl methyl sites for hydroxylation is 1. The van der Waals surface area contributed by atoms with Crippen molar-refractivity contribution in [3.8, 4) is 11.5 Å². The minimum Gasteiger partial charge on any atom is -0.493 e. The number of hydrogen-bond acceptors (Lipinski definition) is 5. The van der Waals surface area contributed by atoms with Gasteiger partial charge in [-0.25, -0.2) is 9.97 Å².